The number of fused-ring (bicyclic) bond motifs is 1. The third-order valence-corrected chi connectivity index (χ3v) is 6.46. The Morgan fingerprint density at radius 2 is 1.97 bits per heavy atom. The Hall–Kier alpha value is -3.91. The van der Waals surface area contributed by atoms with E-state index in [0.29, 0.717) is 38.7 Å². The minimum Gasteiger partial charge on any atom is -0.497 e. The first kappa shape index (κ1) is 24.2. The highest BCUT2D eigenvalue weighted by atomic mass is 32.1. The summed E-state index contributed by atoms with van der Waals surface area (Å²) < 4.78 is 18.3. The molecule has 7 nitrogen and oxygen atoms in total. The molecular weight excluding hydrogens is 464 g/mol. The van der Waals surface area contributed by atoms with E-state index in [-0.39, 0.29) is 12.2 Å². The fourth-order valence-electron chi connectivity index (χ4n) is 3.89. The number of aromatic nitrogens is 1. The summed E-state index contributed by atoms with van der Waals surface area (Å²) in [5, 5.41) is 0. The number of hydrogen-bond acceptors (Lipinski definition) is 7. The molecule has 4 rings (SSSR count). The van der Waals surface area contributed by atoms with Crippen molar-refractivity contribution in [3.8, 4) is 11.5 Å². The zero-order valence-corrected chi connectivity index (χ0v) is 20.6. The molecule has 1 atom stereocenters. The summed E-state index contributed by atoms with van der Waals surface area (Å²) in [5.74, 6) is 0.869. The summed E-state index contributed by atoms with van der Waals surface area (Å²) in [4.78, 5) is 31.7. The van der Waals surface area contributed by atoms with Crippen molar-refractivity contribution in [1.29, 1.82) is 0 Å². The molecule has 8 heteroatoms. The largest absolute Gasteiger partial charge is 0.497 e. The van der Waals surface area contributed by atoms with Gasteiger partial charge in [-0.2, -0.15) is 0 Å². The van der Waals surface area contributed by atoms with Crippen molar-refractivity contribution in [3.05, 3.63) is 103 Å². The van der Waals surface area contributed by atoms with Gasteiger partial charge in [0.1, 0.15) is 18.1 Å². The smallest absolute Gasteiger partial charge is 0.338 e. The minimum atomic E-state index is -0.675. The Kier molecular flexibility index (Phi) is 7.31. The number of carbonyl (C=O) groups is 1. The van der Waals surface area contributed by atoms with E-state index in [9.17, 15) is 9.59 Å². The Morgan fingerprint density at radius 1 is 1.20 bits per heavy atom. The summed E-state index contributed by atoms with van der Waals surface area (Å²) in [6, 6.07) is 14.1. The number of hydrogen-bond donors (Lipinski definition) is 0. The number of allylic oxidation sites excluding steroid dienone is 1. The van der Waals surface area contributed by atoms with Crippen LogP contribution in [0.3, 0.4) is 0 Å². The summed E-state index contributed by atoms with van der Waals surface area (Å²) in [7, 11) is 1.60. The normalized spacial score (nSPS) is 15.3. The van der Waals surface area contributed by atoms with E-state index in [4.69, 9.17) is 14.2 Å². The summed E-state index contributed by atoms with van der Waals surface area (Å²) in [5.41, 5.74) is 2.21. The number of nitrogens with zero attached hydrogens (tertiary/aromatic N) is 2. The molecule has 2 aromatic carbocycles. The minimum absolute atomic E-state index is 0.219. The zero-order chi connectivity index (χ0) is 24.9. The van der Waals surface area contributed by atoms with Crippen molar-refractivity contribution < 1.29 is 19.0 Å². The first-order chi connectivity index (χ1) is 17.0. The van der Waals surface area contributed by atoms with Gasteiger partial charge in [0, 0.05) is 0 Å². The van der Waals surface area contributed by atoms with Gasteiger partial charge in [0.2, 0.25) is 0 Å². The van der Waals surface area contributed by atoms with Crippen LogP contribution in [0.5, 0.6) is 11.5 Å². The lowest BCUT2D eigenvalue weighted by atomic mass is 9.96. The van der Waals surface area contributed by atoms with Gasteiger partial charge in [0.25, 0.3) is 5.56 Å². The number of thiazole rings is 1. The lowest BCUT2D eigenvalue weighted by Gasteiger charge is -2.24. The molecule has 0 saturated carbocycles. The van der Waals surface area contributed by atoms with Crippen LogP contribution in [0, 0.1) is 0 Å². The van der Waals surface area contributed by atoms with Crippen LogP contribution in [0.4, 0.5) is 0 Å². The van der Waals surface area contributed by atoms with Crippen LogP contribution >= 0.6 is 11.3 Å². The quantitative estimate of drug-likeness (QED) is 0.357. The van der Waals surface area contributed by atoms with E-state index in [2.05, 4.69) is 11.6 Å². The predicted octanol–water partition coefficient (Wildman–Crippen LogP) is 3.37. The van der Waals surface area contributed by atoms with Crippen LogP contribution in [0.25, 0.3) is 6.08 Å². The van der Waals surface area contributed by atoms with Gasteiger partial charge in [-0.3, -0.25) is 9.36 Å². The fraction of sp³-hybridized carbons (Fsp3) is 0.222. The highest BCUT2D eigenvalue weighted by molar-refractivity contribution is 7.07. The first-order valence-electron chi connectivity index (χ1n) is 11.1. The second kappa shape index (κ2) is 10.6. The molecule has 0 N–H and O–H groups in total. The van der Waals surface area contributed by atoms with Crippen molar-refractivity contribution in [1.82, 2.24) is 4.57 Å². The maximum absolute atomic E-state index is 13.6. The van der Waals surface area contributed by atoms with E-state index >= 15 is 0 Å². The monoisotopic (exact) mass is 490 g/mol. The Labute approximate surface area is 206 Å². The van der Waals surface area contributed by atoms with Crippen molar-refractivity contribution in [3.63, 3.8) is 0 Å². The highest BCUT2D eigenvalue weighted by Crippen LogP contribution is 2.31. The third-order valence-electron chi connectivity index (χ3n) is 5.47. The molecule has 0 aliphatic carbocycles. The standard InChI is InChI=1S/C27H26N2O5S/c1-5-14-34-20-12-10-19(11-13-20)24-23(26(31)33-6-2)17(3)28-27-29(24)25(30)22(35-27)16-18-8-7-9-21(15-18)32-4/h5,7-13,15-16,24H,1,6,14H2,2-4H3/b22-16-/t24-/m0/s1. The SMILES string of the molecule is C=CCOc1ccc([C@H]2C(C(=O)OCC)=C(C)N=c3s/c(=C\c4cccc(OC)c4)c(=O)n32)cc1. The van der Waals surface area contributed by atoms with Crippen LogP contribution in [0.2, 0.25) is 0 Å². The van der Waals surface area contributed by atoms with Crippen LogP contribution in [-0.2, 0) is 9.53 Å². The van der Waals surface area contributed by atoms with E-state index in [1.54, 1.807) is 37.7 Å². The second-order valence-electron chi connectivity index (χ2n) is 7.75. The molecule has 35 heavy (non-hydrogen) atoms. The topological polar surface area (TPSA) is 79.1 Å². The number of rotatable bonds is 8. The maximum atomic E-state index is 13.6. The van der Waals surface area contributed by atoms with Crippen molar-refractivity contribution >= 4 is 23.4 Å². The summed E-state index contributed by atoms with van der Waals surface area (Å²) >= 11 is 1.28. The van der Waals surface area contributed by atoms with Crippen LogP contribution in [0.1, 0.15) is 31.0 Å². The van der Waals surface area contributed by atoms with E-state index in [1.165, 1.54) is 11.3 Å². The third kappa shape index (κ3) is 4.97. The second-order valence-corrected chi connectivity index (χ2v) is 8.76. The van der Waals surface area contributed by atoms with Gasteiger partial charge >= 0.3 is 5.97 Å². The van der Waals surface area contributed by atoms with Crippen molar-refractivity contribution in [2.24, 2.45) is 4.99 Å². The van der Waals surface area contributed by atoms with Crippen LogP contribution in [0.15, 0.2) is 82.2 Å². The lowest BCUT2D eigenvalue weighted by Crippen LogP contribution is -2.39. The van der Waals surface area contributed by atoms with Gasteiger partial charge in [-0.15, -0.1) is 0 Å². The number of carbonyl (C=O) groups excluding carboxylic acids is 1. The Morgan fingerprint density at radius 3 is 2.66 bits per heavy atom. The molecule has 0 spiro atoms. The molecule has 1 aromatic heterocycles. The average Bonchev–Trinajstić information content (AvgIpc) is 3.16. The average molecular weight is 491 g/mol. The molecule has 0 bridgehead atoms. The first-order valence-corrected chi connectivity index (χ1v) is 12.0. The molecule has 3 aromatic rings. The van der Waals surface area contributed by atoms with Crippen molar-refractivity contribution in [2.75, 3.05) is 20.3 Å². The van der Waals surface area contributed by atoms with Crippen molar-refractivity contribution in [2.45, 2.75) is 19.9 Å². The van der Waals surface area contributed by atoms with Gasteiger partial charge in [0.05, 0.1) is 35.6 Å². The molecule has 0 amide bonds. The molecule has 0 saturated heterocycles. The predicted molar refractivity (Wildman–Crippen MR) is 136 cm³/mol. The van der Waals surface area contributed by atoms with Gasteiger partial charge in [0.15, 0.2) is 4.80 Å². The fourth-order valence-corrected chi connectivity index (χ4v) is 4.94. The van der Waals surface area contributed by atoms with E-state index in [0.717, 1.165) is 11.1 Å². The number of esters is 1. The maximum Gasteiger partial charge on any atom is 0.338 e. The van der Waals surface area contributed by atoms with Gasteiger partial charge in [-0.25, -0.2) is 9.79 Å². The highest BCUT2D eigenvalue weighted by Gasteiger charge is 2.33. The zero-order valence-electron chi connectivity index (χ0n) is 19.8. The number of ether oxygens (including phenoxy) is 3. The van der Waals surface area contributed by atoms with Gasteiger partial charge in [-0.05, 0) is 55.3 Å². The molecule has 0 unspecified atom stereocenters. The number of methoxy groups -OCH3 is 1. The molecule has 0 fully saturated rings. The summed E-state index contributed by atoms with van der Waals surface area (Å²) in [6.45, 7) is 7.77. The van der Waals surface area contributed by atoms with E-state index < -0.39 is 12.0 Å². The summed E-state index contributed by atoms with van der Waals surface area (Å²) in [6.07, 6.45) is 3.47. The van der Waals surface area contributed by atoms with Crippen LogP contribution in [-0.4, -0.2) is 30.9 Å². The van der Waals surface area contributed by atoms with Gasteiger partial charge < -0.3 is 14.2 Å². The number of benzene rings is 2. The Balaban J connectivity index is 1.88. The Bertz CT molecular complexity index is 1460. The van der Waals surface area contributed by atoms with Gasteiger partial charge in [-0.1, -0.05) is 48.3 Å². The molecule has 0 radical (unpaired) electrons. The van der Waals surface area contributed by atoms with Crippen LogP contribution < -0.4 is 24.4 Å². The molecule has 1 aliphatic heterocycles. The lowest BCUT2D eigenvalue weighted by molar-refractivity contribution is -0.139. The molecule has 1 aliphatic rings. The van der Waals surface area contributed by atoms with E-state index in [1.807, 2.05) is 48.5 Å². The molecule has 180 valence electrons. The molecule has 2 heterocycles. The molecular formula is C27H26N2O5S.